The van der Waals surface area contributed by atoms with Gasteiger partial charge in [0.25, 0.3) is 0 Å². The van der Waals surface area contributed by atoms with Gasteiger partial charge >= 0.3 is 6.01 Å². The summed E-state index contributed by atoms with van der Waals surface area (Å²) in [5.41, 5.74) is 0. The molecule has 2 N–H and O–H groups in total. The van der Waals surface area contributed by atoms with Gasteiger partial charge in [0.05, 0.1) is 6.54 Å². The molecule has 0 saturated carbocycles. The van der Waals surface area contributed by atoms with Crippen LogP contribution in [0.4, 0.5) is 6.01 Å². The van der Waals surface area contributed by atoms with Crippen molar-refractivity contribution in [2.24, 2.45) is 5.92 Å². The van der Waals surface area contributed by atoms with E-state index in [1.807, 2.05) is 6.92 Å². The van der Waals surface area contributed by atoms with E-state index in [0.29, 0.717) is 30.4 Å². The average molecular weight is 226 g/mol. The van der Waals surface area contributed by atoms with E-state index < -0.39 is 0 Å². The average Bonchev–Trinajstić information content (AvgIpc) is 2.70. The molecule has 0 aliphatic carbocycles. The molecule has 5 heteroatoms. The summed E-state index contributed by atoms with van der Waals surface area (Å²) in [6.07, 6.45) is 1.04. The maximum absolute atomic E-state index is 5.47. The number of anilines is 1. The Balaban J connectivity index is 2.50. The summed E-state index contributed by atoms with van der Waals surface area (Å²) in [7, 11) is 0. The molecule has 0 saturated heterocycles. The Kier molecular flexibility index (Phi) is 5.25. The molecule has 1 rings (SSSR count). The van der Waals surface area contributed by atoms with Gasteiger partial charge in [-0.25, -0.2) is 0 Å². The van der Waals surface area contributed by atoms with Gasteiger partial charge in [-0.3, -0.25) is 0 Å². The largest absolute Gasteiger partial charge is 0.407 e. The molecule has 0 radical (unpaired) electrons. The summed E-state index contributed by atoms with van der Waals surface area (Å²) in [5, 5.41) is 14.3. The van der Waals surface area contributed by atoms with Crippen LogP contribution in [0.1, 0.15) is 40.0 Å². The van der Waals surface area contributed by atoms with Crippen LogP contribution in [-0.2, 0) is 6.54 Å². The molecule has 0 bridgehead atoms. The summed E-state index contributed by atoms with van der Waals surface area (Å²) in [6.45, 7) is 10.1. The summed E-state index contributed by atoms with van der Waals surface area (Å²) in [4.78, 5) is 0. The lowest BCUT2D eigenvalue weighted by Crippen LogP contribution is -2.24. The third kappa shape index (κ3) is 3.81. The molecular weight excluding hydrogens is 204 g/mol. The molecule has 0 spiro atoms. The van der Waals surface area contributed by atoms with Crippen molar-refractivity contribution >= 4 is 6.01 Å². The first-order chi connectivity index (χ1) is 7.67. The van der Waals surface area contributed by atoms with Crippen LogP contribution in [0.15, 0.2) is 4.42 Å². The standard InChI is InChI=1S/C11H22N4O/c1-5-9(8(3)4)13-11-15-14-10(16-11)7-12-6-2/h8-9,12H,5-7H2,1-4H3,(H,13,15). The maximum atomic E-state index is 5.47. The van der Waals surface area contributed by atoms with Crippen molar-refractivity contribution in [3.63, 3.8) is 0 Å². The van der Waals surface area contributed by atoms with E-state index in [2.05, 4.69) is 41.6 Å². The first kappa shape index (κ1) is 13.0. The molecule has 5 nitrogen and oxygen atoms in total. The van der Waals surface area contributed by atoms with E-state index in [9.17, 15) is 0 Å². The molecule has 0 aliphatic rings. The van der Waals surface area contributed by atoms with Crippen LogP contribution in [-0.4, -0.2) is 22.8 Å². The highest BCUT2D eigenvalue weighted by Gasteiger charge is 2.14. The van der Waals surface area contributed by atoms with E-state index in [-0.39, 0.29) is 0 Å². The van der Waals surface area contributed by atoms with Crippen molar-refractivity contribution in [3.05, 3.63) is 5.89 Å². The Labute approximate surface area is 97.0 Å². The number of nitrogens with zero attached hydrogens (tertiary/aromatic N) is 2. The third-order valence-electron chi connectivity index (χ3n) is 2.55. The Morgan fingerprint density at radius 1 is 1.25 bits per heavy atom. The minimum absolute atomic E-state index is 0.382. The minimum Gasteiger partial charge on any atom is -0.407 e. The SMILES string of the molecule is CCNCc1nnc(NC(CC)C(C)C)o1. The van der Waals surface area contributed by atoms with Crippen molar-refractivity contribution < 1.29 is 4.42 Å². The van der Waals surface area contributed by atoms with Crippen molar-refractivity contribution in [2.45, 2.75) is 46.7 Å². The summed E-state index contributed by atoms with van der Waals surface area (Å²) >= 11 is 0. The van der Waals surface area contributed by atoms with Gasteiger partial charge < -0.3 is 15.1 Å². The lowest BCUT2D eigenvalue weighted by Gasteiger charge is -2.18. The quantitative estimate of drug-likeness (QED) is 0.744. The van der Waals surface area contributed by atoms with Crippen LogP contribution in [0, 0.1) is 5.92 Å². The lowest BCUT2D eigenvalue weighted by molar-refractivity contribution is 0.453. The fourth-order valence-corrected chi connectivity index (χ4v) is 1.51. The molecule has 1 unspecified atom stereocenters. The molecule has 0 fully saturated rings. The summed E-state index contributed by atoms with van der Waals surface area (Å²) in [6, 6.07) is 0.904. The molecule has 92 valence electrons. The topological polar surface area (TPSA) is 63.0 Å². The van der Waals surface area contributed by atoms with Gasteiger partial charge in [0.15, 0.2) is 0 Å². The first-order valence-corrected chi connectivity index (χ1v) is 5.97. The zero-order chi connectivity index (χ0) is 12.0. The van der Waals surface area contributed by atoms with Gasteiger partial charge in [-0.2, -0.15) is 0 Å². The molecule has 1 aromatic rings. The second-order valence-electron chi connectivity index (χ2n) is 4.18. The zero-order valence-corrected chi connectivity index (χ0v) is 10.6. The highest BCUT2D eigenvalue weighted by atomic mass is 16.4. The predicted molar refractivity (Wildman–Crippen MR) is 64.2 cm³/mol. The lowest BCUT2D eigenvalue weighted by atomic mass is 10.0. The smallest absolute Gasteiger partial charge is 0.315 e. The van der Waals surface area contributed by atoms with Crippen molar-refractivity contribution in [1.29, 1.82) is 0 Å². The second kappa shape index (κ2) is 6.48. The van der Waals surface area contributed by atoms with E-state index in [1.54, 1.807) is 0 Å². The van der Waals surface area contributed by atoms with Gasteiger partial charge in [0.2, 0.25) is 5.89 Å². The van der Waals surface area contributed by atoms with Crippen molar-refractivity contribution in [1.82, 2.24) is 15.5 Å². The molecule has 1 atom stereocenters. The zero-order valence-electron chi connectivity index (χ0n) is 10.6. The third-order valence-corrected chi connectivity index (χ3v) is 2.55. The van der Waals surface area contributed by atoms with Gasteiger partial charge in [-0.15, -0.1) is 5.10 Å². The normalized spacial score (nSPS) is 13.1. The van der Waals surface area contributed by atoms with Crippen LogP contribution < -0.4 is 10.6 Å². The molecule has 1 heterocycles. The van der Waals surface area contributed by atoms with Crippen molar-refractivity contribution in [3.8, 4) is 0 Å². The molecule has 16 heavy (non-hydrogen) atoms. The van der Waals surface area contributed by atoms with Gasteiger partial charge in [-0.05, 0) is 18.9 Å². The van der Waals surface area contributed by atoms with E-state index >= 15 is 0 Å². The number of hydrogen-bond acceptors (Lipinski definition) is 5. The Bertz CT molecular complexity index is 298. The van der Waals surface area contributed by atoms with E-state index in [0.717, 1.165) is 13.0 Å². The van der Waals surface area contributed by atoms with E-state index in [4.69, 9.17) is 4.42 Å². The Morgan fingerprint density at radius 2 is 2.00 bits per heavy atom. The second-order valence-corrected chi connectivity index (χ2v) is 4.18. The highest BCUT2D eigenvalue weighted by molar-refractivity contribution is 5.19. The maximum Gasteiger partial charge on any atom is 0.315 e. The molecule has 0 amide bonds. The Hall–Kier alpha value is -1.10. The number of hydrogen-bond donors (Lipinski definition) is 2. The van der Waals surface area contributed by atoms with Gasteiger partial charge in [0, 0.05) is 6.04 Å². The highest BCUT2D eigenvalue weighted by Crippen LogP contribution is 2.13. The van der Waals surface area contributed by atoms with Crippen LogP contribution in [0.2, 0.25) is 0 Å². The predicted octanol–water partition coefficient (Wildman–Crippen LogP) is 2.03. The summed E-state index contributed by atoms with van der Waals surface area (Å²) < 4.78 is 5.47. The molecular formula is C11H22N4O. The van der Waals surface area contributed by atoms with Crippen LogP contribution in [0.3, 0.4) is 0 Å². The van der Waals surface area contributed by atoms with Crippen LogP contribution >= 0.6 is 0 Å². The van der Waals surface area contributed by atoms with E-state index in [1.165, 1.54) is 0 Å². The molecule has 0 aliphatic heterocycles. The van der Waals surface area contributed by atoms with Gasteiger partial charge in [-0.1, -0.05) is 32.8 Å². The molecule has 1 aromatic heterocycles. The first-order valence-electron chi connectivity index (χ1n) is 5.97. The van der Waals surface area contributed by atoms with Crippen LogP contribution in [0.5, 0.6) is 0 Å². The minimum atomic E-state index is 0.382. The summed E-state index contributed by atoms with van der Waals surface area (Å²) in [5.74, 6) is 1.18. The van der Waals surface area contributed by atoms with Crippen LogP contribution in [0.25, 0.3) is 0 Å². The number of nitrogens with one attached hydrogen (secondary N) is 2. The molecule has 0 aromatic carbocycles. The monoisotopic (exact) mass is 226 g/mol. The van der Waals surface area contributed by atoms with Gasteiger partial charge in [0.1, 0.15) is 0 Å². The fraction of sp³-hybridized carbons (Fsp3) is 0.818. The van der Waals surface area contributed by atoms with Crippen molar-refractivity contribution in [2.75, 3.05) is 11.9 Å². The fourth-order valence-electron chi connectivity index (χ4n) is 1.51. The number of rotatable bonds is 7. The number of aromatic nitrogens is 2. The Morgan fingerprint density at radius 3 is 2.56 bits per heavy atom.